The number of hydrogen-bond donors (Lipinski definition) is 1. The van der Waals surface area contributed by atoms with E-state index in [0.29, 0.717) is 11.4 Å². The van der Waals surface area contributed by atoms with Crippen molar-refractivity contribution in [1.82, 2.24) is 4.98 Å². The number of fused-ring (bicyclic) bond motifs is 1. The van der Waals surface area contributed by atoms with Crippen molar-refractivity contribution in [3.63, 3.8) is 0 Å². The van der Waals surface area contributed by atoms with Crippen LogP contribution in [0.1, 0.15) is 0 Å². The van der Waals surface area contributed by atoms with Crippen LogP contribution in [0.5, 0.6) is 11.5 Å². The smallest absolute Gasteiger partial charge is 0.153 e. The van der Waals surface area contributed by atoms with Crippen LogP contribution in [0.15, 0.2) is 60.8 Å². The summed E-state index contributed by atoms with van der Waals surface area (Å²) in [5, 5.41) is 0.908. The Balaban J connectivity index is 2.10. The van der Waals surface area contributed by atoms with Gasteiger partial charge in [-0.15, -0.1) is 0 Å². The molecule has 0 aliphatic heterocycles. The van der Waals surface area contributed by atoms with Crippen LogP contribution in [0.25, 0.3) is 10.9 Å². The third kappa shape index (κ3) is 1.86. The minimum atomic E-state index is 0.707. The Morgan fingerprint density at radius 2 is 1.72 bits per heavy atom. The van der Waals surface area contributed by atoms with Crippen molar-refractivity contribution in [2.45, 2.75) is 0 Å². The van der Waals surface area contributed by atoms with Crippen molar-refractivity contribution in [3.8, 4) is 11.5 Å². The first-order valence-electron chi connectivity index (χ1n) is 5.71. The normalized spacial score (nSPS) is 10.4. The second-order valence-electron chi connectivity index (χ2n) is 3.97. The van der Waals surface area contributed by atoms with Crippen LogP contribution in [-0.2, 0) is 0 Å². The highest BCUT2D eigenvalue weighted by Gasteiger charge is 2.06. The van der Waals surface area contributed by atoms with Crippen molar-refractivity contribution in [2.75, 3.05) is 5.73 Å². The van der Waals surface area contributed by atoms with E-state index in [1.54, 1.807) is 12.3 Å². The predicted octanol–water partition coefficient (Wildman–Crippen LogP) is 3.61. The van der Waals surface area contributed by atoms with E-state index in [1.165, 1.54) is 0 Å². The van der Waals surface area contributed by atoms with E-state index in [2.05, 4.69) is 4.98 Å². The molecule has 1 heterocycles. The number of pyridine rings is 1. The molecular weight excluding hydrogens is 224 g/mol. The molecule has 0 aliphatic rings. The first-order chi connectivity index (χ1) is 8.84. The summed E-state index contributed by atoms with van der Waals surface area (Å²) in [6, 6.07) is 17.2. The van der Waals surface area contributed by atoms with Crippen LogP contribution in [0, 0.1) is 0 Å². The zero-order valence-corrected chi connectivity index (χ0v) is 9.71. The summed E-state index contributed by atoms with van der Waals surface area (Å²) < 4.78 is 5.83. The second kappa shape index (κ2) is 4.37. The molecule has 0 aliphatic carbocycles. The fourth-order valence-electron chi connectivity index (χ4n) is 1.87. The summed E-state index contributed by atoms with van der Waals surface area (Å²) in [5.74, 6) is 1.50. The van der Waals surface area contributed by atoms with E-state index < -0.39 is 0 Å². The van der Waals surface area contributed by atoms with Gasteiger partial charge < -0.3 is 10.5 Å². The number of nitrogens with two attached hydrogens (primary N) is 1. The molecule has 0 spiro atoms. The van der Waals surface area contributed by atoms with E-state index in [-0.39, 0.29) is 0 Å². The number of hydrogen-bond acceptors (Lipinski definition) is 3. The first-order valence-corrected chi connectivity index (χ1v) is 5.71. The second-order valence-corrected chi connectivity index (χ2v) is 3.97. The number of rotatable bonds is 2. The van der Waals surface area contributed by atoms with Gasteiger partial charge in [0.1, 0.15) is 11.3 Å². The van der Waals surface area contributed by atoms with E-state index in [0.717, 1.165) is 16.7 Å². The molecular formula is C15H12N2O. The molecule has 0 radical (unpaired) electrons. The quantitative estimate of drug-likeness (QED) is 0.739. The lowest BCUT2D eigenvalue weighted by Gasteiger charge is -2.08. The van der Waals surface area contributed by atoms with Gasteiger partial charge in [-0.25, -0.2) is 0 Å². The van der Waals surface area contributed by atoms with Crippen LogP contribution in [-0.4, -0.2) is 4.98 Å². The van der Waals surface area contributed by atoms with Gasteiger partial charge in [0.2, 0.25) is 0 Å². The number of para-hydroxylation sites is 2. The SMILES string of the molecule is Nc1ccnc2c(Oc3ccccc3)cccc12. The number of nitrogens with zero attached hydrogens (tertiary/aromatic N) is 1. The zero-order valence-electron chi connectivity index (χ0n) is 9.71. The lowest BCUT2D eigenvalue weighted by atomic mass is 10.2. The Labute approximate surface area is 105 Å². The molecule has 2 N–H and O–H groups in total. The van der Waals surface area contributed by atoms with Gasteiger partial charge >= 0.3 is 0 Å². The molecule has 3 heteroatoms. The molecule has 0 fully saturated rings. The van der Waals surface area contributed by atoms with Gasteiger partial charge in [-0.3, -0.25) is 4.98 Å². The Hall–Kier alpha value is -2.55. The van der Waals surface area contributed by atoms with Crippen molar-refractivity contribution in [3.05, 3.63) is 60.8 Å². The van der Waals surface area contributed by atoms with Gasteiger partial charge in [-0.2, -0.15) is 0 Å². The molecule has 88 valence electrons. The third-order valence-electron chi connectivity index (χ3n) is 2.74. The van der Waals surface area contributed by atoms with Gasteiger partial charge in [-0.05, 0) is 24.3 Å². The van der Waals surface area contributed by atoms with Crippen LogP contribution in [0.2, 0.25) is 0 Å². The molecule has 0 bridgehead atoms. The Morgan fingerprint density at radius 3 is 2.56 bits per heavy atom. The number of ether oxygens (including phenoxy) is 1. The Kier molecular flexibility index (Phi) is 2.57. The van der Waals surface area contributed by atoms with Crippen molar-refractivity contribution < 1.29 is 4.74 Å². The first kappa shape index (κ1) is 10.6. The fraction of sp³-hybridized carbons (Fsp3) is 0. The number of aromatic nitrogens is 1. The summed E-state index contributed by atoms with van der Waals surface area (Å²) in [6.45, 7) is 0. The highest BCUT2D eigenvalue weighted by molar-refractivity contribution is 5.93. The molecule has 3 nitrogen and oxygen atoms in total. The van der Waals surface area contributed by atoms with E-state index >= 15 is 0 Å². The summed E-state index contributed by atoms with van der Waals surface area (Å²) in [7, 11) is 0. The molecule has 1 aromatic heterocycles. The number of nitrogen functional groups attached to an aromatic ring is 1. The summed E-state index contributed by atoms with van der Waals surface area (Å²) in [4.78, 5) is 4.33. The molecule has 2 aromatic carbocycles. The average molecular weight is 236 g/mol. The molecule has 3 aromatic rings. The topological polar surface area (TPSA) is 48.1 Å². The molecule has 0 atom stereocenters. The van der Waals surface area contributed by atoms with E-state index in [4.69, 9.17) is 10.5 Å². The van der Waals surface area contributed by atoms with Gasteiger partial charge in [0.25, 0.3) is 0 Å². The minimum absolute atomic E-state index is 0.707. The van der Waals surface area contributed by atoms with Gasteiger partial charge in [0.05, 0.1) is 0 Å². The lowest BCUT2D eigenvalue weighted by Crippen LogP contribution is -1.91. The third-order valence-corrected chi connectivity index (χ3v) is 2.74. The molecule has 0 amide bonds. The maximum Gasteiger partial charge on any atom is 0.153 e. The molecule has 3 rings (SSSR count). The largest absolute Gasteiger partial charge is 0.455 e. The highest BCUT2D eigenvalue weighted by atomic mass is 16.5. The molecule has 0 saturated carbocycles. The van der Waals surface area contributed by atoms with Crippen LogP contribution in [0.4, 0.5) is 5.69 Å². The number of anilines is 1. The molecule has 0 unspecified atom stereocenters. The van der Waals surface area contributed by atoms with Crippen molar-refractivity contribution in [1.29, 1.82) is 0 Å². The predicted molar refractivity (Wildman–Crippen MR) is 72.7 cm³/mol. The maximum absolute atomic E-state index is 5.92. The average Bonchev–Trinajstić information content (AvgIpc) is 2.41. The van der Waals surface area contributed by atoms with Crippen LogP contribution < -0.4 is 10.5 Å². The Bertz CT molecular complexity index is 680. The van der Waals surface area contributed by atoms with Crippen LogP contribution >= 0.6 is 0 Å². The standard InChI is InChI=1S/C15H12N2O/c16-13-9-10-17-15-12(13)7-4-8-14(15)18-11-5-2-1-3-6-11/h1-10H,(H2,16,17). The summed E-state index contributed by atoms with van der Waals surface area (Å²) >= 11 is 0. The van der Waals surface area contributed by atoms with Crippen molar-refractivity contribution in [2.24, 2.45) is 0 Å². The fourth-order valence-corrected chi connectivity index (χ4v) is 1.87. The zero-order chi connectivity index (χ0) is 12.4. The van der Waals surface area contributed by atoms with Crippen LogP contribution in [0.3, 0.4) is 0 Å². The van der Waals surface area contributed by atoms with Gasteiger partial charge in [-0.1, -0.05) is 30.3 Å². The maximum atomic E-state index is 5.92. The molecule has 0 saturated heterocycles. The lowest BCUT2D eigenvalue weighted by molar-refractivity contribution is 0.487. The summed E-state index contributed by atoms with van der Waals surface area (Å²) in [5.41, 5.74) is 7.41. The van der Waals surface area contributed by atoms with E-state index in [1.807, 2.05) is 48.5 Å². The number of benzene rings is 2. The monoisotopic (exact) mass is 236 g/mol. The minimum Gasteiger partial charge on any atom is -0.455 e. The van der Waals surface area contributed by atoms with Gasteiger partial charge in [0.15, 0.2) is 5.75 Å². The van der Waals surface area contributed by atoms with Crippen molar-refractivity contribution >= 4 is 16.6 Å². The van der Waals surface area contributed by atoms with E-state index in [9.17, 15) is 0 Å². The highest BCUT2D eigenvalue weighted by Crippen LogP contribution is 2.30. The van der Waals surface area contributed by atoms with Gasteiger partial charge in [0, 0.05) is 17.3 Å². The Morgan fingerprint density at radius 1 is 0.889 bits per heavy atom. The molecule has 18 heavy (non-hydrogen) atoms. The summed E-state index contributed by atoms with van der Waals surface area (Å²) in [6.07, 6.45) is 1.69.